The van der Waals surface area contributed by atoms with Gasteiger partial charge in [0.2, 0.25) is 5.95 Å². The Morgan fingerprint density at radius 1 is 1.28 bits per heavy atom. The van der Waals surface area contributed by atoms with Crippen LogP contribution in [-0.4, -0.2) is 57.6 Å². The lowest BCUT2D eigenvalue weighted by atomic mass is 10.1. The van der Waals surface area contributed by atoms with Gasteiger partial charge in [0, 0.05) is 45.2 Å². The minimum atomic E-state index is -2.57. The highest BCUT2D eigenvalue weighted by Crippen LogP contribution is 2.36. The van der Waals surface area contributed by atoms with E-state index in [1.54, 1.807) is 0 Å². The van der Waals surface area contributed by atoms with Crippen LogP contribution in [0.3, 0.4) is 0 Å². The van der Waals surface area contributed by atoms with Crippen LogP contribution >= 0.6 is 11.6 Å². The molecule has 25 heavy (non-hydrogen) atoms. The zero-order chi connectivity index (χ0) is 17.9. The number of aromatic nitrogens is 3. The van der Waals surface area contributed by atoms with Crippen molar-refractivity contribution >= 4 is 28.6 Å². The maximum atomic E-state index is 13.7. The molecule has 1 atom stereocenters. The Morgan fingerprint density at radius 3 is 2.76 bits per heavy atom. The summed E-state index contributed by atoms with van der Waals surface area (Å²) in [5.41, 5.74) is 2.64. The fourth-order valence-electron chi connectivity index (χ4n) is 4.03. The highest BCUT2D eigenvalue weighted by Gasteiger charge is 2.47. The second kappa shape index (κ2) is 5.77. The Morgan fingerprint density at radius 2 is 2.04 bits per heavy atom. The van der Waals surface area contributed by atoms with Crippen LogP contribution in [0, 0.1) is 0 Å². The summed E-state index contributed by atoms with van der Waals surface area (Å²) in [6.07, 6.45) is -0.0714. The lowest BCUT2D eigenvalue weighted by molar-refractivity contribution is 0.0125. The van der Waals surface area contributed by atoms with Gasteiger partial charge in [0.15, 0.2) is 0 Å². The zero-order valence-electron chi connectivity index (χ0n) is 14.6. The number of hydrogen-bond acceptors (Lipinski definition) is 4. The molecule has 2 aliphatic heterocycles. The number of pyridine rings is 1. The Bertz CT molecular complexity index is 819. The van der Waals surface area contributed by atoms with Gasteiger partial charge in [0.25, 0.3) is 5.92 Å². The van der Waals surface area contributed by atoms with Crippen LogP contribution in [0.4, 0.5) is 14.7 Å². The van der Waals surface area contributed by atoms with E-state index < -0.39 is 5.92 Å². The minimum Gasteiger partial charge on any atom is -0.339 e. The third-order valence-corrected chi connectivity index (χ3v) is 5.44. The third kappa shape index (κ3) is 2.87. The highest BCUT2D eigenvalue weighted by atomic mass is 35.5. The summed E-state index contributed by atoms with van der Waals surface area (Å²) in [6.45, 7) is 5.91. The number of fused-ring (bicyclic) bond motifs is 2. The molecule has 2 saturated heterocycles. The Labute approximate surface area is 150 Å². The Hall–Kier alpha value is -1.47. The van der Waals surface area contributed by atoms with E-state index in [4.69, 9.17) is 16.6 Å². The largest absolute Gasteiger partial charge is 0.339 e. The van der Waals surface area contributed by atoms with Gasteiger partial charge in [-0.15, -0.1) is 0 Å². The van der Waals surface area contributed by atoms with Gasteiger partial charge in [-0.3, -0.25) is 4.90 Å². The average Bonchev–Trinajstić information content (AvgIpc) is 3.01. The molecule has 0 amide bonds. The summed E-state index contributed by atoms with van der Waals surface area (Å²) in [7, 11) is 1.95. The van der Waals surface area contributed by atoms with E-state index in [-0.39, 0.29) is 24.9 Å². The van der Waals surface area contributed by atoms with Crippen LogP contribution in [0.15, 0.2) is 6.07 Å². The number of anilines is 1. The summed E-state index contributed by atoms with van der Waals surface area (Å²) in [5, 5.41) is 0.450. The molecule has 0 unspecified atom stereocenters. The van der Waals surface area contributed by atoms with Crippen molar-refractivity contribution in [1.29, 1.82) is 0 Å². The molecule has 0 aromatic carbocycles. The summed E-state index contributed by atoms with van der Waals surface area (Å²) in [5.74, 6) is -1.57. The lowest BCUT2D eigenvalue weighted by Crippen LogP contribution is -2.50. The standard InChI is InChI=1S/C17H22ClF2N5/c1-10(2)14-15-12(6-13(18)21-14)23(3)16(22-15)24-4-5-25-9-17(19,20)7-11(25)8-24/h6,10-11H,4-5,7-9H2,1-3H3/t11-/m1/s1. The van der Waals surface area contributed by atoms with Crippen molar-refractivity contribution < 1.29 is 8.78 Å². The van der Waals surface area contributed by atoms with Crippen LogP contribution in [0.5, 0.6) is 0 Å². The molecule has 4 rings (SSSR count). The molecule has 0 spiro atoms. The molecule has 5 nitrogen and oxygen atoms in total. The number of imidazole rings is 1. The van der Waals surface area contributed by atoms with E-state index in [1.165, 1.54) is 0 Å². The first-order valence-corrected chi connectivity index (χ1v) is 9.02. The van der Waals surface area contributed by atoms with Crippen LogP contribution < -0.4 is 4.90 Å². The van der Waals surface area contributed by atoms with Crippen LogP contribution in [-0.2, 0) is 7.05 Å². The Kier molecular flexibility index (Phi) is 3.92. The van der Waals surface area contributed by atoms with Gasteiger partial charge in [-0.1, -0.05) is 25.4 Å². The van der Waals surface area contributed by atoms with Crippen LogP contribution in [0.2, 0.25) is 5.15 Å². The van der Waals surface area contributed by atoms with E-state index in [9.17, 15) is 8.78 Å². The SMILES string of the molecule is CC(C)c1nc(Cl)cc2c1nc(N1CCN3CC(F)(F)C[C@@H]3C1)n2C. The van der Waals surface area contributed by atoms with Gasteiger partial charge in [0.1, 0.15) is 10.7 Å². The first-order valence-electron chi connectivity index (χ1n) is 8.65. The lowest BCUT2D eigenvalue weighted by Gasteiger charge is -2.37. The molecule has 2 aromatic rings. The molecule has 0 radical (unpaired) electrons. The predicted molar refractivity (Wildman–Crippen MR) is 94.7 cm³/mol. The molecule has 136 valence electrons. The highest BCUT2D eigenvalue weighted by molar-refractivity contribution is 6.30. The number of halogens is 3. The quantitative estimate of drug-likeness (QED) is 0.761. The summed E-state index contributed by atoms with van der Waals surface area (Å²) in [4.78, 5) is 13.3. The molecule has 0 aliphatic carbocycles. The number of alkyl halides is 2. The van der Waals surface area contributed by atoms with Gasteiger partial charge in [0.05, 0.1) is 17.8 Å². The summed E-state index contributed by atoms with van der Waals surface area (Å²) < 4.78 is 29.4. The molecule has 2 aromatic heterocycles. The maximum absolute atomic E-state index is 13.7. The van der Waals surface area contributed by atoms with Gasteiger partial charge < -0.3 is 9.47 Å². The number of piperazine rings is 1. The van der Waals surface area contributed by atoms with Crippen LogP contribution in [0.1, 0.15) is 31.9 Å². The predicted octanol–water partition coefficient (Wildman–Crippen LogP) is 3.27. The van der Waals surface area contributed by atoms with Crippen molar-refractivity contribution in [2.24, 2.45) is 7.05 Å². The number of aryl methyl sites for hydroxylation is 1. The van der Waals surface area contributed by atoms with E-state index in [2.05, 4.69) is 23.7 Å². The number of hydrogen-bond donors (Lipinski definition) is 0. The van der Waals surface area contributed by atoms with Gasteiger partial charge in [-0.05, 0) is 5.92 Å². The molecule has 2 aliphatic rings. The molecule has 8 heteroatoms. The molecule has 0 N–H and O–H groups in total. The van der Waals surface area contributed by atoms with Crippen molar-refractivity contribution in [3.63, 3.8) is 0 Å². The number of rotatable bonds is 2. The average molecular weight is 370 g/mol. The van der Waals surface area contributed by atoms with E-state index in [0.29, 0.717) is 24.8 Å². The first-order chi connectivity index (χ1) is 11.7. The van der Waals surface area contributed by atoms with Crippen molar-refractivity contribution in [1.82, 2.24) is 19.4 Å². The maximum Gasteiger partial charge on any atom is 0.262 e. The fourth-order valence-corrected chi connectivity index (χ4v) is 4.23. The fraction of sp³-hybridized carbons (Fsp3) is 0.647. The van der Waals surface area contributed by atoms with Gasteiger partial charge in [-0.25, -0.2) is 18.7 Å². The number of nitrogens with zero attached hydrogens (tertiary/aromatic N) is 5. The normalized spacial score (nSPS) is 23.6. The molecular weight excluding hydrogens is 348 g/mol. The minimum absolute atomic E-state index is 0.0714. The van der Waals surface area contributed by atoms with E-state index >= 15 is 0 Å². The summed E-state index contributed by atoms with van der Waals surface area (Å²) in [6, 6.07) is 1.70. The van der Waals surface area contributed by atoms with Crippen molar-refractivity contribution in [3.05, 3.63) is 16.9 Å². The first kappa shape index (κ1) is 17.0. The van der Waals surface area contributed by atoms with E-state index in [1.807, 2.05) is 22.6 Å². The molecule has 2 fully saturated rings. The molecule has 4 heterocycles. The van der Waals surface area contributed by atoms with E-state index in [0.717, 1.165) is 22.7 Å². The van der Waals surface area contributed by atoms with Crippen molar-refractivity contribution in [2.45, 2.75) is 38.2 Å². The Balaban J connectivity index is 1.71. The molecular formula is C17H22ClF2N5. The monoisotopic (exact) mass is 369 g/mol. The molecule has 0 saturated carbocycles. The van der Waals surface area contributed by atoms with Crippen molar-refractivity contribution in [3.8, 4) is 0 Å². The third-order valence-electron chi connectivity index (χ3n) is 5.24. The smallest absolute Gasteiger partial charge is 0.262 e. The van der Waals surface area contributed by atoms with Gasteiger partial charge >= 0.3 is 0 Å². The second-order valence-electron chi connectivity index (χ2n) is 7.45. The topological polar surface area (TPSA) is 37.2 Å². The second-order valence-corrected chi connectivity index (χ2v) is 7.84. The van der Waals surface area contributed by atoms with Gasteiger partial charge in [-0.2, -0.15) is 0 Å². The van der Waals surface area contributed by atoms with Crippen molar-refractivity contribution in [2.75, 3.05) is 31.1 Å². The van der Waals surface area contributed by atoms with Crippen LogP contribution in [0.25, 0.3) is 11.0 Å². The summed E-state index contributed by atoms with van der Waals surface area (Å²) >= 11 is 6.18. The molecule has 0 bridgehead atoms. The zero-order valence-corrected chi connectivity index (χ0v) is 15.4.